The van der Waals surface area contributed by atoms with Crippen LogP contribution >= 0.6 is 0 Å². The van der Waals surface area contributed by atoms with Crippen molar-refractivity contribution in [2.75, 3.05) is 19.7 Å². The van der Waals surface area contributed by atoms with Crippen molar-refractivity contribution in [3.63, 3.8) is 0 Å². The molecule has 0 aliphatic carbocycles. The minimum atomic E-state index is -0.169. The van der Waals surface area contributed by atoms with Gasteiger partial charge in [0.25, 0.3) is 0 Å². The van der Waals surface area contributed by atoms with E-state index in [4.69, 9.17) is 6.42 Å². The van der Waals surface area contributed by atoms with Crippen LogP contribution in [-0.4, -0.2) is 35.6 Å². The molecule has 0 spiro atoms. The maximum absolute atomic E-state index is 12.5. The van der Waals surface area contributed by atoms with Crippen LogP contribution in [0.5, 0.6) is 0 Å². The first-order chi connectivity index (χ1) is 12.2. The van der Waals surface area contributed by atoms with Gasteiger partial charge in [-0.2, -0.15) is 0 Å². The third-order valence-corrected chi connectivity index (χ3v) is 4.65. The highest BCUT2D eigenvalue weighted by molar-refractivity contribution is 5.79. The number of piperidine rings is 1. The third kappa shape index (κ3) is 5.34. The average molecular weight is 337 g/mol. The molecular formula is C22H27NO2. The lowest BCUT2D eigenvalue weighted by Gasteiger charge is -2.28. The van der Waals surface area contributed by atoms with Gasteiger partial charge in [0, 0.05) is 31.0 Å². The van der Waals surface area contributed by atoms with Gasteiger partial charge in [-0.25, -0.2) is 0 Å². The van der Waals surface area contributed by atoms with Crippen molar-refractivity contribution in [2.24, 2.45) is 0 Å². The van der Waals surface area contributed by atoms with Crippen LogP contribution < -0.4 is 0 Å². The van der Waals surface area contributed by atoms with Gasteiger partial charge >= 0.3 is 0 Å². The Kier molecular flexibility index (Phi) is 7.50. The molecule has 1 aliphatic rings. The molecule has 1 aromatic carbocycles. The number of nitrogens with zero attached hydrogens (tertiary/aromatic N) is 1. The molecule has 0 saturated carbocycles. The van der Waals surface area contributed by atoms with Crippen molar-refractivity contribution in [3.8, 4) is 12.3 Å². The molecule has 3 nitrogen and oxygen atoms in total. The minimum Gasteiger partial charge on any atom is -0.396 e. The topological polar surface area (TPSA) is 40.5 Å². The van der Waals surface area contributed by atoms with Gasteiger partial charge in [-0.1, -0.05) is 42.3 Å². The normalized spacial score (nSPS) is 16.7. The number of carbonyl (C=O) groups excluding carboxylic acids is 1. The number of aliphatic hydroxyl groups is 1. The molecule has 1 aliphatic heterocycles. The summed E-state index contributed by atoms with van der Waals surface area (Å²) in [5.74, 6) is 2.66. The van der Waals surface area contributed by atoms with Gasteiger partial charge < -0.3 is 10.0 Å². The van der Waals surface area contributed by atoms with Crippen LogP contribution in [0.25, 0.3) is 5.57 Å². The summed E-state index contributed by atoms with van der Waals surface area (Å²) in [6.45, 7) is 3.60. The molecule has 2 rings (SSSR count). The fourth-order valence-corrected chi connectivity index (χ4v) is 3.13. The maximum atomic E-state index is 12.5. The lowest BCUT2D eigenvalue weighted by molar-refractivity contribution is -0.132. The standard InChI is InChI=1S/C22H27NO2/c1-3-5-9-18(4-2)19-10-12-20(13-11-19)21(17-24)16-22(25)23-14-7-6-8-15-23/h2-3,5,9-13,21,24H,6-8,14-17H2,1H3/b5-3-,18-9+. The fourth-order valence-electron chi connectivity index (χ4n) is 3.13. The molecule has 1 amide bonds. The summed E-state index contributed by atoms with van der Waals surface area (Å²) in [4.78, 5) is 14.4. The molecule has 0 radical (unpaired) electrons. The van der Waals surface area contributed by atoms with Crippen LogP contribution in [0.1, 0.15) is 49.7 Å². The monoisotopic (exact) mass is 337 g/mol. The second-order valence-corrected chi connectivity index (χ2v) is 6.40. The molecule has 3 heteroatoms. The first kappa shape index (κ1) is 19.0. The lowest BCUT2D eigenvalue weighted by Crippen LogP contribution is -2.36. The van der Waals surface area contributed by atoms with Gasteiger partial charge in [0.2, 0.25) is 5.91 Å². The third-order valence-electron chi connectivity index (χ3n) is 4.65. The lowest BCUT2D eigenvalue weighted by atomic mass is 9.93. The predicted molar refractivity (Wildman–Crippen MR) is 103 cm³/mol. The van der Waals surface area contributed by atoms with E-state index in [1.165, 1.54) is 6.42 Å². The van der Waals surface area contributed by atoms with Gasteiger partial charge in [0.05, 0.1) is 6.61 Å². The van der Waals surface area contributed by atoms with E-state index in [-0.39, 0.29) is 18.4 Å². The molecule has 1 heterocycles. The highest BCUT2D eigenvalue weighted by atomic mass is 16.3. The second-order valence-electron chi connectivity index (χ2n) is 6.40. The molecule has 1 N–H and O–H groups in total. The second kappa shape index (κ2) is 9.86. The van der Waals surface area contributed by atoms with Crippen LogP contribution in [0.3, 0.4) is 0 Å². The van der Waals surface area contributed by atoms with E-state index in [0.29, 0.717) is 6.42 Å². The molecule has 0 aromatic heterocycles. The average Bonchev–Trinajstić information content (AvgIpc) is 2.67. The van der Waals surface area contributed by atoms with Crippen molar-refractivity contribution >= 4 is 11.5 Å². The number of carbonyl (C=O) groups is 1. The highest BCUT2D eigenvalue weighted by Gasteiger charge is 2.21. The Balaban J connectivity index is 2.08. The Morgan fingerprint density at radius 1 is 1.28 bits per heavy atom. The van der Waals surface area contributed by atoms with Crippen molar-refractivity contribution in [1.29, 1.82) is 0 Å². The van der Waals surface area contributed by atoms with E-state index < -0.39 is 0 Å². The number of amides is 1. The summed E-state index contributed by atoms with van der Waals surface area (Å²) in [5.41, 5.74) is 2.75. The first-order valence-corrected chi connectivity index (χ1v) is 8.98. The van der Waals surface area contributed by atoms with E-state index in [1.54, 1.807) is 0 Å². The highest BCUT2D eigenvalue weighted by Crippen LogP contribution is 2.24. The van der Waals surface area contributed by atoms with Crippen LogP contribution in [0.4, 0.5) is 0 Å². The number of benzene rings is 1. The Bertz CT molecular complexity index is 658. The summed E-state index contributed by atoms with van der Waals surface area (Å²) in [7, 11) is 0. The Labute approximate surface area is 151 Å². The number of hydrogen-bond donors (Lipinski definition) is 1. The number of terminal acetylenes is 1. The quantitative estimate of drug-likeness (QED) is 0.634. The number of hydrogen-bond acceptors (Lipinski definition) is 2. The summed E-state index contributed by atoms with van der Waals surface area (Å²) < 4.78 is 0. The molecule has 132 valence electrons. The molecular weight excluding hydrogens is 310 g/mol. The molecule has 25 heavy (non-hydrogen) atoms. The largest absolute Gasteiger partial charge is 0.396 e. The molecule has 1 fully saturated rings. The van der Waals surface area contributed by atoms with Crippen molar-refractivity contribution in [3.05, 3.63) is 53.6 Å². The molecule has 0 bridgehead atoms. The predicted octanol–water partition coefficient (Wildman–Crippen LogP) is 3.76. The molecule has 1 atom stereocenters. The van der Waals surface area contributed by atoms with E-state index in [9.17, 15) is 9.90 Å². The Morgan fingerprint density at radius 3 is 2.52 bits per heavy atom. The first-order valence-electron chi connectivity index (χ1n) is 8.98. The van der Waals surface area contributed by atoms with Crippen molar-refractivity contribution < 1.29 is 9.90 Å². The molecule has 1 unspecified atom stereocenters. The van der Waals surface area contributed by atoms with Gasteiger partial charge in [-0.3, -0.25) is 4.79 Å². The zero-order valence-corrected chi connectivity index (χ0v) is 14.9. The summed E-state index contributed by atoms with van der Waals surface area (Å²) >= 11 is 0. The zero-order valence-electron chi connectivity index (χ0n) is 14.9. The zero-order chi connectivity index (χ0) is 18.1. The van der Waals surface area contributed by atoms with Crippen LogP contribution in [-0.2, 0) is 4.79 Å². The van der Waals surface area contributed by atoms with Crippen molar-refractivity contribution in [1.82, 2.24) is 4.90 Å². The van der Waals surface area contributed by atoms with Crippen LogP contribution in [0.2, 0.25) is 0 Å². The van der Waals surface area contributed by atoms with Gasteiger partial charge in [0.1, 0.15) is 0 Å². The van der Waals surface area contributed by atoms with Gasteiger partial charge in [-0.05, 0) is 43.4 Å². The SMILES string of the molecule is C#C/C(=C\C=C/C)c1ccc(C(CO)CC(=O)N2CCCCC2)cc1. The van der Waals surface area contributed by atoms with Crippen LogP contribution in [0, 0.1) is 12.3 Å². The molecule has 1 aromatic rings. The van der Waals surface area contributed by atoms with E-state index >= 15 is 0 Å². The number of rotatable bonds is 6. The Morgan fingerprint density at radius 2 is 1.96 bits per heavy atom. The van der Waals surface area contributed by atoms with Gasteiger partial charge in [0.15, 0.2) is 0 Å². The fraction of sp³-hybridized carbons (Fsp3) is 0.409. The van der Waals surface area contributed by atoms with Gasteiger partial charge in [-0.15, -0.1) is 6.42 Å². The summed E-state index contributed by atoms with van der Waals surface area (Å²) in [6.07, 6.45) is 15.0. The minimum absolute atomic E-state index is 0.0324. The van der Waals surface area contributed by atoms with E-state index in [0.717, 1.165) is 42.6 Å². The van der Waals surface area contributed by atoms with Crippen molar-refractivity contribution in [2.45, 2.75) is 38.5 Å². The smallest absolute Gasteiger partial charge is 0.223 e. The summed E-state index contributed by atoms with van der Waals surface area (Å²) in [6, 6.07) is 7.83. The number of likely N-dealkylation sites (tertiary alicyclic amines) is 1. The molecule has 1 saturated heterocycles. The van der Waals surface area contributed by atoms with Crippen LogP contribution in [0.15, 0.2) is 42.5 Å². The number of aliphatic hydroxyl groups excluding tert-OH is 1. The maximum Gasteiger partial charge on any atom is 0.223 e. The number of allylic oxidation sites excluding steroid dienone is 4. The Hall–Kier alpha value is -2.31. The van der Waals surface area contributed by atoms with E-state index in [1.807, 2.05) is 54.3 Å². The van der Waals surface area contributed by atoms with E-state index in [2.05, 4.69) is 5.92 Å². The summed E-state index contributed by atoms with van der Waals surface area (Å²) in [5, 5.41) is 9.74.